The van der Waals surface area contributed by atoms with E-state index in [1.807, 2.05) is 0 Å². The molecular formula is C17H24N2O5S. The molecule has 25 heavy (non-hydrogen) atoms. The van der Waals surface area contributed by atoms with Crippen LogP contribution in [0.5, 0.6) is 0 Å². The number of piperidine rings is 1. The van der Waals surface area contributed by atoms with Crippen LogP contribution in [-0.2, 0) is 24.3 Å². The van der Waals surface area contributed by atoms with E-state index in [2.05, 4.69) is 5.32 Å². The van der Waals surface area contributed by atoms with Crippen LogP contribution in [0.15, 0.2) is 35.2 Å². The number of nitrogens with one attached hydrogen (secondary N) is 1. The lowest BCUT2D eigenvalue weighted by atomic mass is 10.1. The van der Waals surface area contributed by atoms with Crippen LogP contribution >= 0.6 is 0 Å². The molecule has 0 radical (unpaired) electrons. The van der Waals surface area contributed by atoms with Gasteiger partial charge in [-0.15, -0.1) is 0 Å². The van der Waals surface area contributed by atoms with E-state index in [4.69, 9.17) is 4.74 Å². The molecule has 0 aromatic heterocycles. The van der Waals surface area contributed by atoms with Crippen molar-refractivity contribution in [1.82, 2.24) is 9.62 Å². The Labute approximate surface area is 148 Å². The minimum absolute atomic E-state index is 0.145. The van der Waals surface area contributed by atoms with Gasteiger partial charge in [0.25, 0.3) is 5.91 Å². The second-order valence-electron chi connectivity index (χ2n) is 5.91. The van der Waals surface area contributed by atoms with Crippen LogP contribution in [0, 0.1) is 0 Å². The van der Waals surface area contributed by atoms with Crippen molar-refractivity contribution in [3.8, 4) is 0 Å². The van der Waals surface area contributed by atoms with Gasteiger partial charge < -0.3 is 10.1 Å². The van der Waals surface area contributed by atoms with Crippen LogP contribution < -0.4 is 5.32 Å². The summed E-state index contributed by atoms with van der Waals surface area (Å²) in [5.74, 6) is -1.08. The van der Waals surface area contributed by atoms with Gasteiger partial charge in [-0.1, -0.05) is 18.2 Å². The molecule has 7 nitrogen and oxygen atoms in total. The average molecular weight is 368 g/mol. The molecule has 0 spiro atoms. The third-order valence-corrected chi connectivity index (χ3v) is 6.01. The normalized spacial score (nSPS) is 19.8. The van der Waals surface area contributed by atoms with Crippen molar-refractivity contribution in [2.45, 2.75) is 50.2 Å². The number of esters is 1. The zero-order chi connectivity index (χ0) is 18.4. The number of hydrogen-bond acceptors (Lipinski definition) is 5. The van der Waals surface area contributed by atoms with Crippen molar-refractivity contribution in [1.29, 1.82) is 0 Å². The highest BCUT2D eigenvalue weighted by Gasteiger charge is 2.39. The summed E-state index contributed by atoms with van der Waals surface area (Å²) < 4.78 is 32.1. The molecule has 8 heteroatoms. The lowest BCUT2D eigenvalue weighted by Crippen LogP contribution is -2.50. The number of sulfonamides is 1. The monoisotopic (exact) mass is 368 g/mol. The predicted molar refractivity (Wildman–Crippen MR) is 92.2 cm³/mol. The summed E-state index contributed by atoms with van der Waals surface area (Å²) >= 11 is 0. The van der Waals surface area contributed by atoms with Crippen molar-refractivity contribution in [3.63, 3.8) is 0 Å². The first-order valence-electron chi connectivity index (χ1n) is 8.43. The first kappa shape index (κ1) is 19.4. The summed E-state index contributed by atoms with van der Waals surface area (Å²) in [5.41, 5.74) is 0. The molecular weight excluding hydrogens is 344 g/mol. The van der Waals surface area contributed by atoms with Crippen molar-refractivity contribution < 1.29 is 22.7 Å². The van der Waals surface area contributed by atoms with Gasteiger partial charge in [0.1, 0.15) is 6.04 Å². The molecule has 1 N–H and O–H groups in total. The minimum Gasteiger partial charge on any atom is -0.451 e. The van der Waals surface area contributed by atoms with Gasteiger partial charge in [0.2, 0.25) is 10.0 Å². The van der Waals surface area contributed by atoms with Crippen LogP contribution in [0.2, 0.25) is 0 Å². The number of carbonyl (C=O) groups is 2. The summed E-state index contributed by atoms with van der Waals surface area (Å²) in [6.45, 7) is 3.93. The third-order valence-electron chi connectivity index (χ3n) is 4.09. The molecule has 0 unspecified atom stereocenters. The number of likely N-dealkylation sites (N-methyl/N-ethyl adjacent to an activating group) is 1. The summed E-state index contributed by atoms with van der Waals surface area (Å²) in [4.78, 5) is 24.4. The Kier molecular flexibility index (Phi) is 6.55. The van der Waals surface area contributed by atoms with Crippen molar-refractivity contribution in [2.24, 2.45) is 0 Å². The van der Waals surface area contributed by atoms with E-state index in [1.54, 1.807) is 25.1 Å². The predicted octanol–water partition coefficient (Wildman–Crippen LogP) is 1.30. The number of rotatable bonds is 6. The van der Waals surface area contributed by atoms with E-state index >= 15 is 0 Å². The molecule has 0 saturated carbocycles. The second-order valence-corrected chi connectivity index (χ2v) is 7.80. The summed E-state index contributed by atoms with van der Waals surface area (Å²) in [6.07, 6.45) is 0.834. The van der Waals surface area contributed by atoms with Gasteiger partial charge in [-0.25, -0.2) is 8.42 Å². The van der Waals surface area contributed by atoms with E-state index in [0.29, 0.717) is 19.4 Å². The van der Waals surface area contributed by atoms with Gasteiger partial charge in [-0.05, 0) is 45.2 Å². The van der Waals surface area contributed by atoms with Gasteiger partial charge in [-0.3, -0.25) is 9.59 Å². The first-order chi connectivity index (χ1) is 11.9. The van der Waals surface area contributed by atoms with Gasteiger partial charge >= 0.3 is 5.97 Å². The van der Waals surface area contributed by atoms with E-state index in [1.165, 1.54) is 23.4 Å². The fourth-order valence-electron chi connectivity index (χ4n) is 2.78. The highest BCUT2D eigenvalue weighted by Crippen LogP contribution is 2.26. The summed E-state index contributed by atoms with van der Waals surface area (Å²) in [7, 11) is -3.79. The Morgan fingerprint density at radius 2 is 1.96 bits per heavy atom. The second kappa shape index (κ2) is 8.44. The Hall–Kier alpha value is -1.93. The van der Waals surface area contributed by atoms with Gasteiger partial charge in [0, 0.05) is 13.1 Å². The molecule has 1 heterocycles. The van der Waals surface area contributed by atoms with Crippen LogP contribution in [0.25, 0.3) is 0 Å². The Balaban J connectivity index is 2.18. The Bertz CT molecular complexity index is 705. The fourth-order valence-corrected chi connectivity index (χ4v) is 4.45. The molecule has 0 bridgehead atoms. The average Bonchev–Trinajstić information content (AvgIpc) is 2.62. The van der Waals surface area contributed by atoms with Crippen LogP contribution in [0.1, 0.15) is 33.1 Å². The van der Waals surface area contributed by atoms with E-state index in [9.17, 15) is 18.0 Å². The maximum Gasteiger partial charge on any atom is 0.325 e. The lowest BCUT2D eigenvalue weighted by molar-refractivity contribution is -0.159. The van der Waals surface area contributed by atoms with Crippen molar-refractivity contribution in [3.05, 3.63) is 30.3 Å². The number of carbonyl (C=O) groups excluding carboxylic acids is 2. The zero-order valence-corrected chi connectivity index (χ0v) is 15.3. The van der Waals surface area contributed by atoms with E-state index in [-0.39, 0.29) is 11.4 Å². The van der Waals surface area contributed by atoms with Gasteiger partial charge in [-0.2, -0.15) is 4.31 Å². The molecule has 2 atom stereocenters. The molecule has 0 aliphatic carbocycles. The third kappa shape index (κ3) is 4.58. The molecule has 1 amide bonds. The van der Waals surface area contributed by atoms with E-state index < -0.39 is 34.0 Å². The standard InChI is InChI=1S/C17H24N2O5S/c1-3-18-16(20)13(2)24-17(21)15-11-7-8-12-19(15)25(22,23)14-9-5-4-6-10-14/h4-6,9-10,13,15H,3,7-8,11-12H2,1-2H3,(H,18,20)/t13-,15+/m1/s1. The first-order valence-corrected chi connectivity index (χ1v) is 9.87. The Morgan fingerprint density at radius 3 is 2.60 bits per heavy atom. The smallest absolute Gasteiger partial charge is 0.325 e. The molecule has 1 aromatic rings. The maximum absolute atomic E-state index is 12.9. The number of benzene rings is 1. The zero-order valence-electron chi connectivity index (χ0n) is 14.5. The van der Waals surface area contributed by atoms with Crippen molar-refractivity contribution in [2.75, 3.05) is 13.1 Å². The molecule has 2 rings (SSSR count). The van der Waals surface area contributed by atoms with Crippen LogP contribution in [0.4, 0.5) is 0 Å². The highest BCUT2D eigenvalue weighted by molar-refractivity contribution is 7.89. The maximum atomic E-state index is 12.9. The Morgan fingerprint density at radius 1 is 1.28 bits per heavy atom. The molecule has 1 fully saturated rings. The SMILES string of the molecule is CCNC(=O)[C@@H](C)OC(=O)[C@@H]1CCCCN1S(=O)(=O)c1ccccc1. The minimum atomic E-state index is -3.79. The van der Waals surface area contributed by atoms with Crippen LogP contribution in [-0.4, -0.2) is 49.8 Å². The highest BCUT2D eigenvalue weighted by atomic mass is 32.2. The molecule has 1 aliphatic rings. The number of amides is 1. The topological polar surface area (TPSA) is 92.8 Å². The van der Waals surface area contributed by atoms with Gasteiger partial charge in [0.05, 0.1) is 4.90 Å². The number of nitrogens with zero attached hydrogens (tertiary/aromatic N) is 1. The molecule has 1 aliphatic heterocycles. The number of hydrogen-bond donors (Lipinski definition) is 1. The lowest BCUT2D eigenvalue weighted by Gasteiger charge is -2.33. The van der Waals surface area contributed by atoms with Crippen LogP contribution in [0.3, 0.4) is 0 Å². The van der Waals surface area contributed by atoms with Gasteiger partial charge in [0.15, 0.2) is 6.10 Å². The molecule has 1 saturated heterocycles. The molecule has 1 aromatic carbocycles. The largest absolute Gasteiger partial charge is 0.451 e. The summed E-state index contributed by atoms with van der Waals surface area (Å²) in [5, 5.41) is 2.57. The van der Waals surface area contributed by atoms with E-state index in [0.717, 1.165) is 6.42 Å². The summed E-state index contributed by atoms with van der Waals surface area (Å²) in [6, 6.07) is 7.11. The van der Waals surface area contributed by atoms with Crippen molar-refractivity contribution >= 4 is 21.9 Å². The quantitative estimate of drug-likeness (QED) is 0.764. The molecule has 138 valence electrons. The number of ether oxygens (including phenoxy) is 1. The fraction of sp³-hybridized carbons (Fsp3) is 0.529.